The molecule has 152 valence electrons. The summed E-state index contributed by atoms with van der Waals surface area (Å²) in [6, 6.07) is 5.76. The van der Waals surface area contributed by atoms with Gasteiger partial charge in [-0.05, 0) is 29.8 Å². The standard InChI is InChI=1S/C18H12ClN5O5S/c1-21-14-13(16(26)22(2)18(21)27)23-15(25)12(30-17(23)20-14)8-10(19)7-9-3-5-11(6-4-9)24(28)29/h3-8H,1-2H3/b10-7-,12-8+. The molecule has 3 aromatic heterocycles. The summed E-state index contributed by atoms with van der Waals surface area (Å²) in [5.74, 6) is 0. The molecule has 3 heterocycles. The van der Waals surface area contributed by atoms with Gasteiger partial charge >= 0.3 is 5.69 Å². The monoisotopic (exact) mass is 445 g/mol. The van der Waals surface area contributed by atoms with Gasteiger partial charge in [0.25, 0.3) is 16.8 Å². The summed E-state index contributed by atoms with van der Waals surface area (Å²) in [5, 5.41) is 10.9. The van der Waals surface area contributed by atoms with Gasteiger partial charge in [-0.2, -0.15) is 4.98 Å². The van der Waals surface area contributed by atoms with Gasteiger partial charge in [0.2, 0.25) is 0 Å². The topological polar surface area (TPSA) is 122 Å². The smallest absolute Gasteiger partial charge is 0.279 e. The molecule has 0 aliphatic heterocycles. The van der Waals surface area contributed by atoms with Crippen molar-refractivity contribution in [2.24, 2.45) is 14.1 Å². The minimum absolute atomic E-state index is 0.0194. The highest BCUT2D eigenvalue weighted by molar-refractivity contribution is 7.15. The summed E-state index contributed by atoms with van der Waals surface area (Å²) in [4.78, 5) is 52.2. The fourth-order valence-corrected chi connectivity index (χ4v) is 4.25. The van der Waals surface area contributed by atoms with E-state index in [4.69, 9.17) is 11.6 Å². The van der Waals surface area contributed by atoms with E-state index in [1.165, 1.54) is 53.4 Å². The zero-order valence-corrected chi connectivity index (χ0v) is 17.1. The third-order valence-corrected chi connectivity index (χ3v) is 5.71. The highest BCUT2D eigenvalue weighted by Gasteiger charge is 2.18. The summed E-state index contributed by atoms with van der Waals surface area (Å²) >= 11 is 7.27. The molecular weight excluding hydrogens is 434 g/mol. The predicted octanol–water partition coefficient (Wildman–Crippen LogP) is 0.994. The van der Waals surface area contributed by atoms with Crippen LogP contribution >= 0.6 is 22.9 Å². The molecule has 0 amide bonds. The highest BCUT2D eigenvalue weighted by atomic mass is 35.5. The number of thiazole rings is 1. The number of non-ortho nitro benzene ring substituents is 1. The molecule has 0 saturated heterocycles. The van der Waals surface area contributed by atoms with Gasteiger partial charge in [0.05, 0.1) is 9.46 Å². The number of allylic oxidation sites excluding steroid dienone is 1. The minimum Gasteiger partial charge on any atom is -0.279 e. The van der Waals surface area contributed by atoms with Gasteiger partial charge in [-0.1, -0.05) is 22.9 Å². The van der Waals surface area contributed by atoms with E-state index >= 15 is 0 Å². The lowest BCUT2D eigenvalue weighted by molar-refractivity contribution is -0.384. The van der Waals surface area contributed by atoms with Gasteiger partial charge in [0, 0.05) is 31.3 Å². The Bertz CT molecular complexity index is 1610. The number of benzene rings is 1. The van der Waals surface area contributed by atoms with Crippen molar-refractivity contribution in [1.82, 2.24) is 18.5 Å². The molecule has 0 spiro atoms. The van der Waals surface area contributed by atoms with E-state index in [9.17, 15) is 24.5 Å². The molecule has 12 heteroatoms. The normalized spacial score (nSPS) is 12.9. The van der Waals surface area contributed by atoms with Crippen LogP contribution in [0.1, 0.15) is 5.56 Å². The Morgan fingerprint density at radius 1 is 1.13 bits per heavy atom. The van der Waals surface area contributed by atoms with Crippen molar-refractivity contribution in [3.05, 3.63) is 80.7 Å². The van der Waals surface area contributed by atoms with Gasteiger partial charge in [-0.15, -0.1) is 0 Å². The fourth-order valence-electron chi connectivity index (χ4n) is 2.99. The number of imidazole rings is 1. The average Bonchev–Trinajstić information content (AvgIpc) is 3.22. The van der Waals surface area contributed by atoms with Crippen molar-refractivity contribution in [1.29, 1.82) is 0 Å². The van der Waals surface area contributed by atoms with E-state index < -0.39 is 21.7 Å². The Labute approximate surface area is 175 Å². The third-order valence-electron chi connectivity index (χ3n) is 4.52. The first-order valence-electron chi connectivity index (χ1n) is 8.43. The second kappa shape index (κ2) is 7.04. The number of halogens is 1. The fraction of sp³-hybridized carbons (Fsp3) is 0.111. The quantitative estimate of drug-likeness (QED) is 0.342. The molecule has 0 fully saturated rings. The molecule has 0 atom stereocenters. The van der Waals surface area contributed by atoms with Crippen molar-refractivity contribution in [3.8, 4) is 0 Å². The number of aromatic nitrogens is 4. The van der Waals surface area contributed by atoms with Crippen LogP contribution in [0.4, 0.5) is 5.69 Å². The Balaban J connectivity index is 1.87. The molecule has 0 aliphatic rings. The van der Waals surface area contributed by atoms with Crippen LogP contribution in [-0.4, -0.2) is 23.4 Å². The van der Waals surface area contributed by atoms with Crippen LogP contribution in [0, 0.1) is 10.1 Å². The Morgan fingerprint density at radius 2 is 1.80 bits per heavy atom. The molecule has 4 rings (SSSR count). The first-order valence-corrected chi connectivity index (χ1v) is 9.63. The van der Waals surface area contributed by atoms with E-state index in [-0.39, 0.29) is 31.4 Å². The van der Waals surface area contributed by atoms with Gasteiger partial charge < -0.3 is 0 Å². The van der Waals surface area contributed by atoms with Crippen LogP contribution in [0.5, 0.6) is 0 Å². The highest BCUT2D eigenvalue weighted by Crippen LogP contribution is 2.17. The lowest BCUT2D eigenvalue weighted by Crippen LogP contribution is -2.38. The maximum Gasteiger partial charge on any atom is 0.332 e. The summed E-state index contributed by atoms with van der Waals surface area (Å²) < 4.78 is 3.54. The molecule has 0 aliphatic carbocycles. The van der Waals surface area contributed by atoms with E-state index in [1.54, 1.807) is 6.08 Å². The average molecular weight is 446 g/mol. The molecule has 0 radical (unpaired) electrons. The molecule has 0 N–H and O–H groups in total. The maximum atomic E-state index is 12.9. The summed E-state index contributed by atoms with van der Waals surface area (Å²) in [6.07, 6.45) is 2.98. The van der Waals surface area contributed by atoms with Gasteiger partial charge in [-0.25, -0.2) is 9.20 Å². The molecule has 1 aromatic carbocycles. The summed E-state index contributed by atoms with van der Waals surface area (Å²) in [6.45, 7) is 0. The van der Waals surface area contributed by atoms with Crippen molar-refractivity contribution in [2.45, 2.75) is 0 Å². The number of nitro groups is 1. The molecule has 0 bridgehead atoms. The van der Waals surface area contributed by atoms with E-state index in [1.807, 2.05) is 0 Å². The SMILES string of the molecule is Cn1c(=O)c2c(nc3s/c(=C/C(Cl)=C/c4ccc([N+](=O)[O-])cc4)c(=O)n32)n(C)c1=O. The van der Waals surface area contributed by atoms with Gasteiger partial charge in [0.15, 0.2) is 16.1 Å². The van der Waals surface area contributed by atoms with Crippen LogP contribution in [0.3, 0.4) is 0 Å². The van der Waals surface area contributed by atoms with Crippen LogP contribution in [0.25, 0.3) is 28.3 Å². The van der Waals surface area contributed by atoms with E-state index in [0.29, 0.717) is 5.56 Å². The second-order valence-electron chi connectivity index (χ2n) is 6.40. The second-order valence-corrected chi connectivity index (χ2v) is 7.85. The number of nitro benzene ring substituents is 1. The third kappa shape index (κ3) is 3.04. The molecule has 0 saturated carbocycles. The van der Waals surface area contributed by atoms with Crippen molar-refractivity contribution < 1.29 is 4.92 Å². The maximum absolute atomic E-state index is 12.9. The van der Waals surface area contributed by atoms with E-state index in [0.717, 1.165) is 15.9 Å². The number of nitrogens with zero attached hydrogens (tertiary/aromatic N) is 5. The molecule has 0 unspecified atom stereocenters. The van der Waals surface area contributed by atoms with Crippen molar-refractivity contribution in [2.75, 3.05) is 0 Å². The number of rotatable bonds is 3. The van der Waals surface area contributed by atoms with Gasteiger partial charge in [0.1, 0.15) is 0 Å². The minimum atomic E-state index is -0.616. The molecule has 10 nitrogen and oxygen atoms in total. The lowest BCUT2D eigenvalue weighted by atomic mass is 10.2. The summed E-state index contributed by atoms with van der Waals surface area (Å²) in [7, 11) is 2.81. The molecule has 30 heavy (non-hydrogen) atoms. The van der Waals surface area contributed by atoms with Crippen LogP contribution < -0.4 is 21.3 Å². The van der Waals surface area contributed by atoms with Crippen molar-refractivity contribution in [3.63, 3.8) is 0 Å². The first kappa shape index (κ1) is 19.7. The largest absolute Gasteiger partial charge is 0.332 e. The zero-order valence-electron chi connectivity index (χ0n) is 15.5. The summed E-state index contributed by atoms with van der Waals surface area (Å²) in [5.41, 5.74) is -0.914. The number of aryl methyl sites for hydroxylation is 1. The first-order chi connectivity index (χ1) is 14.2. The Morgan fingerprint density at radius 3 is 2.43 bits per heavy atom. The lowest BCUT2D eigenvalue weighted by Gasteiger charge is -2.01. The number of fused-ring (bicyclic) bond motifs is 3. The molecule has 4 aromatic rings. The Kier molecular flexibility index (Phi) is 4.63. The van der Waals surface area contributed by atoms with E-state index in [2.05, 4.69) is 4.98 Å². The van der Waals surface area contributed by atoms with Crippen LogP contribution in [-0.2, 0) is 14.1 Å². The van der Waals surface area contributed by atoms with Crippen LogP contribution in [0.2, 0.25) is 0 Å². The van der Waals surface area contributed by atoms with Crippen molar-refractivity contribution >= 4 is 56.9 Å². The van der Waals surface area contributed by atoms with Crippen LogP contribution in [0.15, 0.2) is 43.7 Å². The Hall–Kier alpha value is -3.57. The molecular formula is C18H12ClN5O5S. The number of hydrogen-bond donors (Lipinski definition) is 0. The van der Waals surface area contributed by atoms with Gasteiger partial charge in [-0.3, -0.25) is 28.8 Å². The zero-order chi connectivity index (χ0) is 21.7. The predicted molar refractivity (Wildman–Crippen MR) is 114 cm³/mol. The number of hydrogen-bond acceptors (Lipinski definition) is 7.